The summed E-state index contributed by atoms with van der Waals surface area (Å²) in [5.41, 5.74) is -0.0225. The Morgan fingerprint density at radius 3 is 2.33 bits per heavy atom. The van der Waals surface area contributed by atoms with Gasteiger partial charge in [0.1, 0.15) is 5.78 Å². The summed E-state index contributed by atoms with van der Waals surface area (Å²) in [7, 11) is 0. The van der Waals surface area contributed by atoms with Gasteiger partial charge in [0.25, 0.3) is 0 Å². The van der Waals surface area contributed by atoms with Crippen LogP contribution in [0.25, 0.3) is 0 Å². The molecule has 0 aliphatic carbocycles. The molecule has 5 heteroatoms. The van der Waals surface area contributed by atoms with Crippen LogP contribution >= 0.6 is 0 Å². The lowest BCUT2D eigenvalue weighted by molar-refractivity contribution is -0.117. The van der Waals surface area contributed by atoms with Gasteiger partial charge in [0.2, 0.25) is 0 Å². The summed E-state index contributed by atoms with van der Waals surface area (Å²) in [5.74, 6) is -1.59. The number of ketones is 1. The Balaban J connectivity index is 2.64. The minimum atomic E-state index is -1.16. The van der Waals surface area contributed by atoms with Crippen molar-refractivity contribution in [2.24, 2.45) is 5.92 Å². The highest BCUT2D eigenvalue weighted by atomic mass is 16.5. The number of hydrogen-bond donors (Lipinski definition) is 1. The summed E-state index contributed by atoms with van der Waals surface area (Å²) in [6.07, 6.45) is 1.92. The van der Waals surface area contributed by atoms with E-state index in [4.69, 9.17) is 9.84 Å². The van der Waals surface area contributed by atoms with Gasteiger partial charge in [-0.15, -0.1) is 0 Å². The molecule has 0 saturated heterocycles. The molecule has 0 amide bonds. The first-order valence-corrected chi connectivity index (χ1v) is 6.94. The summed E-state index contributed by atoms with van der Waals surface area (Å²) < 4.78 is 5.19. The van der Waals surface area contributed by atoms with E-state index in [1.54, 1.807) is 12.1 Å². The van der Waals surface area contributed by atoms with Gasteiger partial charge in [0, 0.05) is 6.42 Å². The summed E-state index contributed by atoms with van der Waals surface area (Å²) in [6, 6.07) is 5.95. The van der Waals surface area contributed by atoms with Crippen molar-refractivity contribution in [3.63, 3.8) is 0 Å². The van der Waals surface area contributed by atoms with Crippen LogP contribution in [-0.2, 0) is 9.53 Å². The zero-order chi connectivity index (χ0) is 15.8. The number of carbonyl (C=O) groups excluding carboxylic acids is 2. The molecule has 0 heterocycles. The number of hydrogen-bond acceptors (Lipinski definition) is 4. The molecule has 0 aliphatic heterocycles. The lowest BCUT2D eigenvalue weighted by atomic mass is 10.00. The molecule has 0 saturated carbocycles. The quantitative estimate of drug-likeness (QED) is 0.745. The van der Waals surface area contributed by atoms with Gasteiger partial charge < -0.3 is 14.6 Å². The highest BCUT2D eigenvalue weighted by molar-refractivity contribution is 6.02. The van der Waals surface area contributed by atoms with Crippen LogP contribution in [0.4, 0.5) is 0 Å². The fourth-order valence-corrected chi connectivity index (χ4v) is 1.93. The normalized spacial score (nSPS) is 11.7. The third kappa shape index (κ3) is 5.38. The van der Waals surface area contributed by atoms with Gasteiger partial charge in [-0.2, -0.15) is 0 Å². The summed E-state index contributed by atoms with van der Waals surface area (Å²) >= 11 is 0. The molecule has 1 atom stereocenters. The smallest absolute Gasteiger partial charge is 0.339 e. The van der Waals surface area contributed by atoms with E-state index in [2.05, 4.69) is 0 Å². The molecule has 0 aliphatic rings. The molecule has 1 N–H and O–H groups in total. The fourth-order valence-electron chi connectivity index (χ4n) is 1.93. The van der Waals surface area contributed by atoms with E-state index in [9.17, 15) is 14.4 Å². The summed E-state index contributed by atoms with van der Waals surface area (Å²) in [5, 5.41) is 9.04. The molecular formula is C16H20O5. The molecule has 21 heavy (non-hydrogen) atoms. The average Bonchev–Trinajstić information content (AvgIpc) is 2.46. The molecular weight excluding hydrogens is 272 g/mol. The van der Waals surface area contributed by atoms with Gasteiger partial charge in [-0.1, -0.05) is 25.5 Å². The summed E-state index contributed by atoms with van der Waals surface area (Å²) in [6.45, 7) is 3.68. The first-order chi connectivity index (χ1) is 9.95. The van der Waals surface area contributed by atoms with Crippen LogP contribution in [0.15, 0.2) is 24.3 Å². The lowest BCUT2D eigenvalue weighted by Crippen LogP contribution is -2.17. The van der Waals surface area contributed by atoms with Gasteiger partial charge in [0.15, 0.2) is 0 Å². The second-order valence-electron chi connectivity index (χ2n) is 4.96. The largest absolute Gasteiger partial charge is 0.478 e. The van der Waals surface area contributed by atoms with Gasteiger partial charge in [-0.25, -0.2) is 9.59 Å². The highest BCUT2D eigenvalue weighted by Crippen LogP contribution is 2.15. The van der Waals surface area contributed by atoms with E-state index < -0.39 is 11.9 Å². The van der Waals surface area contributed by atoms with Gasteiger partial charge in [-0.3, -0.25) is 0 Å². The Morgan fingerprint density at radius 2 is 1.81 bits per heavy atom. The first-order valence-electron chi connectivity index (χ1n) is 6.94. The van der Waals surface area contributed by atoms with Crippen molar-refractivity contribution >= 4 is 17.7 Å². The molecule has 0 radical (unpaired) electrons. The van der Waals surface area contributed by atoms with Crippen molar-refractivity contribution in [1.82, 2.24) is 0 Å². The second kappa shape index (κ2) is 8.19. The fraction of sp³-hybridized carbons (Fsp3) is 0.438. The van der Waals surface area contributed by atoms with Crippen LogP contribution in [0.2, 0.25) is 0 Å². The van der Waals surface area contributed by atoms with Crippen LogP contribution in [0.1, 0.15) is 53.8 Å². The first kappa shape index (κ1) is 16.9. The molecule has 1 aromatic rings. The van der Waals surface area contributed by atoms with E-state index in [0.29, 0.717) is 12.8 Å². The van der Waals surface area contributed by atoms with Crippen LogP contribution in [0.5, 0.6) is 0 Å². The van der Waals surface area contributed by atoms with Crippen molar-refractivity contribution in [2.75, 3.05) is 6.61 Å². The maximum Gasteiger partial charge on any atom is 0.339 e. The number of esters is 1. The Morgan fingerprint density at radius 1 is 1.19 bits per heavy atom. The van der Waals surface area contributed by atoms with Crippen LogP contribution in [0.3, 0.4) is 0 Å². The van der Waals surface area contributed by atoms with Crippen LogP contribution in [-0.4, -0.2) is 29.4 Å². The number of carbonyl (C=O) groups is 3. The van der Waals surface area contributed by atoms with Gasteiger partial charge in [-0.05, 0) is 31.4 Å². The van der Waals surface area contributed by atoms with E-state index in [-0.39, 0.29) is 29.4 Å². The van der Waals surface area contributed by atoms with Crippen molar-refractivity contribution in [3.05, 3.63) is 35.4 Å². The molecule has 1 unspecified atom stereocenters. The maximum absolute atomic E-state index is 12.0. The Bertz CT molecular complexity index is 521. The third-order valence-electron chi connectivity index (χ3n) is 3.31. The SMILES string of the molecule is CCC(CCC(C)=O)COC(=O)c1ccccc1C(=O)O. The molecule has 0 fully saturated rings. The van der Waals surface area contributed by atoms with E-state index in [0.717, 1.165) is 6.42 Å². The standard InChI is InChI=1S/C16H20O5/c1-3-12(9-8-11(2)17)10-21-16(20)14-7-5-4-6-13(14)15(18)19/h4-7,12H,3,8-10H2,1-2H3,(H,18,19). The van der Waals surface area contributed by atoms with E-state index >= 15 is 0 Å². The predicted molar refractivity (Wildman–Crippen MR) is 77.4 cm³/mol. The van der Waals surface area contributed by atoms with Gasteiger partial charge in [0.05, 0.1) is 17.7 Å². The lowest BCUT2D eigenvalue weighted by Gasteiger charge is -2.14. The molecule has 0 bridgehead atoms. The third-order valence-corrected chi connectivity index (χ3v) is 3.31. The molecule has 1 aromatic carbocycles. The van der Waals surface area contributed by atoms with Crippen molar-refractivity contribution in [2.45, 2.75) is 33.1 Å². The topological polar surface area (TPSA) is 80.7 Å². The monoisotopic (exact) mass is 292 g/mol. The Kier molecular flexibility index (Phi) is 6.59. The van der Waals surface area contributed by atoms with Crippen LogP contribution < -0.4 is 0 Å². The number of benzene rings is 1. The maximum atomic E-state index is 12.0. The van der Waals surface area contributed by atoms with Crippen LogP contribution in [0, 0.1) is 5.92 Å². The van der Waals surface area contributed by atoms with E-state index in [1.165, 1.54) is 19.1 Å². The molecule has 5 nitrogen and oxygen atoms in total. The Labute approximate surface area is 123 Å². The zero-order valence-corrected chi connectivity index (χ0v) is 12.3. The second-order valence-corrected chi connectivity index (χ2v) is 4.96. The Hall–Kier alpha value is -2.17. The molecule has 114 valence electrons. The number of ether oxygens (including phenoxy) is 1. The number of carboxylic acids is 1. The highest BCUT2D eigenvalue weighted by Gasteiger charge is 2.18. The van der Waals surface area contributed by atoms with Gasteiger partial charge >= 0.3 is 11.9 Å². The van der Waals surface area contributed by atoms with Crippen molar-refractivity contribution in [3.8, 4) is 0 Å². The number of Topliss-reactive ketones (excluding diaryl/α,β-unsaturated/α-hetero) is 1. The summed E-state index contributed by atoms with van der Waals surface area (Å²) in [4.78, 5) is 34.0. The van der Waals surface area contributed by atoms with Crippen molar-refractivity contribution < 1.29 is 24.2 Å². The molecule has 0 aromatic heterocycles. The minimum absolute atomic E-state index is 0.0476. The number of rotatable bonds is 8. The number of aromatic carboxylic acids is 1. The molecule has 1 rings (SSSR count). The van der Waals surface area contributed by atoms with Crippen molar-refractivity contribution in [1.29, 1.82) is 0 Å². The molecule has 0 spiro atoms. The zero-order valence-electron chi connectivity index (χ0n) is 12.3. The average molecular weight is 292 g/mol. The van der Waals surface area contributed by atoms with E-state index in [1.807, 2.05) is 6.92 Å². The minimum Gasteiger partial charge on any atom is -0.478 e. The predicted octanol–water partition coefficient (Wildman–Crippen LogP) is 2.94. The number of carboxylic acid groups (broad SMARTS) is 1.